The summed E-state index contributed by atoms with van der Waals surface area (Å²) >= 11 is 0. The Kier molecular flexibility index (Phi) is 7.56. The standard InChI is InChI=1S/C24H35FN6O5/c1-13(2)21(33)34-11-15-18(36-16(32)10-14-8-6-5-7-9-14)24(3,25)22(35-15)31-12-28-17-19(27-4)29-23(26)30-20(17)31/h12-15,18,22H,5-11H2,1-4H3,(H3,26,27,29,30)/p+1/t15-,18-,22-,24-/m1/s1. The zero-order valence-electron chi connectivity index (χ0n) is 21.3. The average Bonchev–Trinajstić information content (AvgIpc) is 3.35. The lowest BCUT2D eigenvalue weighted by Gasteiger charge is -2.27. The Balaban J connectivity index is 1.63. The van der Waals surface area contributed by atoms with E-state index < -0.39 is 36.0 Å². The third-order valence-electron chi connectivity index (χ3n) is 6.97. The van der Waals surface area contributed by atoms with Gasteiger partial charge in [0.25, 0.3) is 0 Å². The van der Waals surface area contributed by atoms with Gasteiger partial charge < -0.3 is 19.5 Å². The van der Waals surface area contributed by atoms with Crippen molar-refractivity contribution in [1.29, 1.82) is 0 Å². The Labute approximate surface area is 209 Å². The molecule has 3 aliphatic rings. The van der Waals surface area contributed by atoms with Gasteiger partial charge in [-0.3, -0.25) is 15.3 Å². The number of carbonyl (C=O) groups is 2. The molecule has 4 rings (SSSR count). The average molecular weight is 508 g/mol. The zero-order valence-corrected chi connectivity index (χ0v) is 21.3. The summed E-state index contributed by atoms with van der Waals surface area (Å²) in [5.41, 5.74) is 4.01. The molecular formula is C24H36FN6O5+. The molecule has 4 N–H and O–H groups in total. The fourth-order valence-electron chi connectivity index (χ4n) is 5.00. The third-order valence-corrected chi connectivity index (χ3v) is 6.97. The minimum Gasteiger partial charge on any atom is -0.463 e. The quantitative estimate of drug-likeness (QED) is 0.313. The molecule has 198 valence electrons. The van der Waals surface area contributed by atoms with Gasteiger partial charge in [0.2, 0.25) is 11.9 Å². The number of nitrogens with one attached hydrogen (secondary N) is 2. The highest BCUT2D eigenvalue weighted by atomic mass is 19.1. The summed E-state index contributed by atoms with van der Waals surface area (Å²) in [5.74, 6) is -0.463. The van der Waals surface area contributed by atoms with Crippen molar-refractivity contribution in [3.8, 4) is 0 Å². The van der Waals surface area contributed by atoms with Crippen molar-refractivity contribution in [1.82, 2.24) is 24.9 Å². The van der Waals surface area contributed by atoms with E-state index in [4.69, 9.17) is 19.9 Å². The zero-order chi connectivity index (χ0) is 26.0. The van der Waals surface area contributed by atoms with Crippen LogP contribution in [-0.4, -0.2) is 59.0 Å². The molecule has 2 aliphatic heterocycles. The number of carbonyl (C=O) groups excluding carboxylic acids is 2. The van der Waals surface area contributed by atoms with Gasteiger partial charge in [0.15, 0.2) is 17.3 Å². The lowest BCUT2D eigenvalue weighted by Crippen LogP contribution is -2.53. The Morgan fingerprint density at radius 2 is 2.11 bits per heavy atom. The molecule has 0 bridgehead atoms. The van der Waals surface area contributed by atoms with E-state index in [2.05, 4.69) is 20.3 Å². The van der Waals surface area contributed by atoms with Gasteiger partial charge in [-0.1, -0.05) is 33.1 Å². The van der Waals surface area contributed by atoms with Crippen LogP contribution in [0.5, 0.6) is 0 Å². The van der Waals surface area contributed by atoms with Crippen LogP contribution in [0.1, 0.15) is 65.5 Å². The van der Waals surface area contributed by atoms with Crippen LogP contribution in [0.4, 0.5) is 4.39 Å². The molecule has 4 atom stereocenters. The van der Waals surface area contributed by atoms with Crippen molar-refractivity contribution in [2.75, 3.05) is 13.7 Å². The molecule has 0 radical (unpaired) electrons. The first-order chi connectivity index (χ1) is 17.1. The highest BCUT2D eigenvalue weighted by Gasteiger charge is 2.60. The summed E-state index contributed by atoms with van der Waals surface area (Å²) in [4.78, 5) is 29.3. The Morgan fingerprint density at radius 3 is 2.78 bits per heavy atom. The van der Waals surface area contributed by atoms with Crippen LogP contribution < -0.4 is 31.9 Å². The van der Waals surface area contributed by atoms with E-state index in [1.165, 1.54) is 24.2 Å². The number of esters is 2. The van der Waals surface area contributed by atoms with Crippen LogP contribution in [0, 0.1) is 11.8 Å². The molecule has 2 fully saturated rings. The molecule has 1 aliphatic carbocycles. The molecule has 1 aromatic heterocycles. The van der Waals surface area contributed by atoms with Crippen LogP contribution in [-0.2, 0) is 23.8 Å². The van der Waals surface area contributed by atoms with Crippen LogP contribution >= 0.6 is 0 Å². The van der Waals surface area contributed by atoms with E-state index in [-0.39, 0.29) is 36.3 Å². The molecule has 36 heavy (non-hydrogen) atoms. The van der Waals surface area contributed by atoms with Crippen LogP contribution in [0.3, 0.4) is 0 Å². The van der Waals surface area contributed by atoms with Gasteiger partial charge in [0.05, 0.1) is 5.92 Å². The number of alkyl halides is 1. The molecule has 1 saturated heterocycles. The first-order valence-electron chi connectivity index (χ1n) is 12.5. The van der Waals surface area contributed by atoms with Crippen molar-refractivity contribution in [3.05, 3.63) is 17.2 Å². The van der Waals surface area contributed by atoms with Crippen LogP contribution in [0.2, 0.25) is 0 Å². The number of nitrogens with two attached hydrogens (primary N) is 1. The second-order valence-electron chi connectivity index (χ2n) is 10.2. The van der Waals surface area contributed by atoms with E-state index >= 15 is 4.39 Å². The third kappa shape index (κ3) is 5.19. The fraction of sp³-hybridized carbons (Fsp3) is 0.708. The van der Waals surface area contributed by atoms with E-state index in [1.807, 2.05) is 0 Å². The van der Waals surface area contributed by atoms with E-state index in [0.717, 1.165) is 25.7 Å². The van der Waals surface area contributed by atoms with Crippen LogP contribution in [0.15, 0.2) is 6.33 Å². The Hall–Kier alpha value is -3.11. The number of halogens is 1. The van der Waals surface area contributed by atoms with Crippen molar-refractivity contribution in [2.45, 2.75) is 83.4 Å². The maximum absolute atomic E-state index is 16.5. The van der Waals surface area contributed by atoms with E-state index in [0.29, 0.717) is 11.2 Å². The molecule has 0 aromatic carbocycles. The Bertz CT molecular complexity index is 1150. The van der Waals surface area contributed by atoms with Gasteiger partial charge in [0.1, 0.15) is 19.0 Å². The molecule has 0 spiro atoms. The Morgan fingerprint density at radius 1 is 1.39 bits per heavy atom. The van der Waals surface area contributed by atoms with Gasteiger partial charge >= 0.3 is 23.4 Å². The minimum atomic E-state index is -2.18. The molecule has 0 unspecified atom stereocenters. The SMILES string of the molecule is CNC1=c2ncn([C@@H]3O[C@H](COC(=O)C(C)C)[C@@H](OC(=O)CC4CCCCC4)[C@@]3(C)F)c2=[N+]=C(N)N1. The second-order valence-corrected chi connectivity index (χ2v) is 10.2. The number of ether oxygens (including phenoxy) is 3. The van der Waals surface area contributed by atoms with Crippen molar-refractivity contribution in [2.24, 2.45) is 17.6 Å². The minimum absolute atomic E-state index is 0.102. The first-order valence-corrected chi connectivity index (χ1v) is 12.5. The topological polar surface area (TPSA) is 144 Å². The van der Waals surface area contributed by atoms with Gasteiger partial charge in [-0.05, 0) is 25.7 Å². The monoisotopic (exact) mass is 507 g/mol. The molecule has 11 nitrogen and oxygen atoms in total. The number of imidazole rings is 1. The molecule has 12 heteroatoms. The van der Waals surface area contributed by atoms with Crippen molar-refractivity contribution < 1.29 is 28.2 Å². The molecule has 1 saturated carbocycles. The fourth-order valence-corrected chi connectivity index (χ4v) is 5.00. The summed E-state index contributed by atoms with van der Waals surface area (Å²) in [6.07, 6.45) is 3.30. The summed E-state index contributed by atoms with van der Waals surface area (Å²) in [6.45, 7) is 4.45. The summed E-state index contributed by atoms with van der Waals surface area (Å²) < 4.78 is 39.3. The first kappa shape index (κ1) is 26.0. The van der Waals surface area contributed by atoms with Gasteiger partial charge in [0, 0.05) is 13.5 Å². The van der Waals surface area contributed by atoms with Gasteiger partial charge in [-0.2, -0.15) is 0 Å². The van der Waals surface area contributed by atoms with E-state index in [1.54, 1.807) is 20.9 Å². The summed E-state index contributed by atoms with van der Waals surface area (Å²) in [6, 6.07) is 0. The predicted molar refractivity (Wildman–Crippen MR) is 128 cm³/mol. The predicted octanol–water partition coefficient (Wildman–Crippen LogP) is -0.520. The van der Waals surface area contributed by atoms with Gasteiger partial charge in [-0.25, -0.2) is 23.9 Å². The van der Waals surface area contributed by atoms with Gasteiger partial charge in [-0.15, -0.1) is 0 Å². The number of fused-ring (bicyclic) bond motifs is 1. The number of nitrogens with zero attached hydrogens (tertiary/aromatic N) is 3. The largest absolute Gasteiger partial charge is 0.463 e. The van der Waals surface area contributed by atoms with Crippen molar-refractivity contribution in [3.63, 3.8) is 0 Å². The number of hydrogen-bond donors (Lipinski definition) is 3. The molecule has 3 heterocycles. The molecule has 1 aromatic rings. The number of hydrogen-bond acceptors (Lipinski definition) is 9. The lowest BCUT2D eigenvalue weighted by molar-refractivity contribution is -0.163. The molecule has 0 amide bonds. The highest BCUT2D eigenvalue weighted by molar-refractivity contribution is 5.83. The smallest absolute Gasteiger partial charge is 0.398 e. The van der Waals surface area contributed by atoms with Crippen LogP contribution in [0.25, 0.3) is 5.82 Å². The number of aromatic nitrogens is 2. The van der Waals surface area contributed by atoms with Crippen molar-refractivity contribution >= 4 is 23.7 Å². The summed E-state index contributed by atoms with van der Waals surface area (Å²) in [7, 11) is 1.69. The number of rotatable bonds is 8. The maximum atomic E-state index is 16.5. The molecular weight excluding hydrogens is 471 g/mol. The highest BCUT2D eigenvalue weighted by Crippen LogP contribution is 2.43. The summed E-state index contributed by atoms with van der Waals surface area (Å²) in [5, 5.41) is 6.25. The van der Waals surface area contributed by atoms with E-state index in [9.17, 15) is 9.59 Å². The maximum Gasteiger partial charge on any atom is 0.398 e. The number of guanidine groups is 1. The normalized spacial score (nSPS) is 28.1. The lowest BCUT2D eigenvalue weighted by atomic mass is 9.87. The second kappa shape index (κ2) is 10.5.